The molecule has 160 valence electrons. The Bertz CT molecular complexity index is 1470. The summed E-state index contributed by atoms with van der Waals surface area (Å²) in [4.78, 5) is 29.7. The number of imidazole rings is 1. The van der Waals surface area contributed by atoms with Gasteiger partial charge in [0.15, 0.2) is 11.5 Å². The van der Waals surface area contributed by atoms with E-state index in [0.29, 0.717) is 27.4 Å². The zero-order valence-electron chi connectivity index (χ0n) is 17.6. The van der Waals surface area contributed by atoms with Gasteiger partial charge >= 0.3 is 0 Å². The number of hydrogen-bond acceptors (Lipinski definition) is 5. The summed E-state index contributed by atoms with van der Waals surface area (Å²) in [5.41, 5.74) is 2.73. The molecule has 5 aromatic rings. The molecule has 0 fully saturated rings. The van der Waals surface area contributed by atoms with E-state index in [0.717, 1.165) is 16.8 Å². The van der Waals surface area contributed by atoms with E-state index in [4.69, 9.17) is 11.6 Å². The molecule has 32 heavy (non-hydrogen) atoms. The van der Waals surface area contributed by atoms with Gasteiger partial charge < -0.3 is 10.3 Å². The molecule has 8 heteroatoms. The third-order valence-electron chi connectivity index (χ3n) is 5.53. The Balaban J connectivity index is 1.77. The van der Waals surface area contributed by atoms with Crippen molar-refractivity contribution in [2.24, 2.45) is 5.92 Å². The molecule has 2 aromatic carbocycles. The number of H-pyrrole nitrogens is 1. The first kappa shape index (κ1) is 20.2. The summed E-state index contributed by atoms with van der Waals surface area (Å²) in [6.07, 6.45) is 3.08. The normalized spacial score (nSPS) is 12.5. The average molecular weight is 445 g/mol. The molecule has 0 saturated carbocycles. The van der Waals surface area contributed by atoms with Crippen LogP contribution in [0, 0.1) is 5.92 Å². The first-order valence-corrected chi connectivity index (χ1v) is 10.7. The van der Waals surface area contributed by atoms with Crippen LogP contribution >= 0.6 is 11.6 Å². The van der Waals surface area contributed by atoms with Gasteiger partial charge in [0.1, 0.15) is 11.8 Å². The van der Waals surface area contributed by atoms with Gasteiger partial charge in [-0.1, -0.05) is 55.8 Å². The van der Waals surface area contributed by atoms with E-state index < -0.39 is 0 Å². The third kappa shape index (κ3) is 3.40. The number of nitrogens with one attached hydrogen (secondary N) is 2. The van der Waals surface area contributed by atoms with Gasteiger partial charge in [0, 0.05) is 11.4 Å². The highest BCUT2D eigenvalue weighted by atomic mass is 35.5. The Labute approximate surface area is 189 Å². The molecule has 3 aromatic heterocycles. The van der Waals surface area contributed by atoms with Crippen LogP contribution in [0.5, 0.6) is 0 Å². The Hall–Kier alpha value is -3.71. The topological polar surface area (TPSA) is 88.5 Å². The molecule has 0 saturated heterocycles. The number of anilines is 1. The molecule has 0 aliphatic heterocycles. The second-order valence-corrected chi connectivity index (χ2v) is 8.34. The van der Waals surface area contributed by atoms with Crippen LogP contribution in [0.15, 0.2) is 72.0 Å². The lowest BCUT2D eigenvalue weighted by molar-refractivity contribution is 0.523. The number of benzene rings is 2. The number of halogens is 1. The molecule has 0 bridgehead atoms. The average Bonchev–Trinajstić information content (AvgIpc) is 3.27. The van der Waals surface area contributed by atoms with Gasteiger partial charge in [-0.05, 0) is 35.6 Å². The second kappa shape index (κ2) is 8.09. The van der Waals surface area contributed by atoms with Crippen LogP contribution in [0.1, 0.15) is 25.6 Å². The molecule has 2 N–H and O–H groups in total. The van der Waals surface area contributed by atoms with E-state index in [1.54, 1.807) is 17.0 Å². The number of hydrogen-bond donors (Lipinski definition) is 2. The highest BCUT2D eigenvalue weighted by molar-refractivity contribution is 6.35. The fourth-order valence-corrected chi connectivity index (χ4v) is 4.27. The van der Waals surface area contributed by atoms with Crippen molar-refractivity contribution in [3.8, 4) is 5.69 Å². The molecule has 3 heterocycles. The summed E-state index contributed by atoms with van der Waals surface area (Å²) in [5, 5.41) is 5.25. The predicted molar refractivity (Wildman–Crippen MR) is 127 cm³/mol. The van der Waals surface area contributed by atoms with E-state index in [1.807, 2.05) is 48.5 Å². The second-order valence-electron chi connectivity index (χ2n) is 7.94. The quantitative estimate of drug-likeness (QED) is 0.392. The van der Waals surface area contributed by atoms with Crippen LogP contribution < -0.4 is 10.9 Å². The molecule has 7 nitrogen and oxygen atoms in total. The Morgan fingerprint density at radius 2 is 1.84 bits per heavy atom. The molecule has 0 radical (unpaired) electrons. The van der Waals surface area contributed by atoms with Gasteiger partial charge in [0.05, 0.1) is 22.8 Å². The molecule has 0 amide bonds. The number of fused-ring (bicyclic) bond motifs is 2. The van der Waals surface area contributed by atoms with E-state index in [9.17, 15) is 4.79 Å². The van der Waals surface area contributed by atoms with Crippen molar-refractivity contribution in [2.75, 3.05) is 5.32 Å². The van der Waals surface area contributed by atoms with E-state index in [1.165, 1.54) is 6.33 Å². The third-order valence-corrected chi connectivity index (χ3v) is 5.85. The van der Waals surface area contributed by atoms with Gasteiger partial charge in [0.2, 0.25) is 0 Å². The SMILES string of the molecule is CC(C)[C@H](Nc1ncnc2[nH]cnc12)c1cc2cccc(Cl)c2c(=O)n1-c1ccccc1. The number of rotatable bonds is 5. The van der Waals surface area contributed by atoms with Crippen molar-refractivity contribution >= 4 is 39.4 Å². The monoisotopic (exact) mass is 444 g/mol. The van der Waals surface area contributed by atoms with E-state index >= 15 is 0 Å². The van der Waals surface area contributed by atoms with Crippen LogP contribution in [0.2, 0.25) is 5.02 Å². The largest absolute Gasteiger partial charge is 0.360 e. The van der Waals surface area contributed by atoms with Crippen molar-refractivity contribution in [1.29, 1.82) is 0 Å². The predicted octanol–water partition coefficient (Wildman–Crippen LogP) is 5.12. The summed E-state index contributed by atoms with van der Waals surface area (Å²) in [6, 6.07) is 16.9. The lowest BCUT2D eigenvalue weighted by Gasteiger charge is -2.27. The lowest BCUT2D eigenvalue weighted by atomic mass is 9.97. The summed E-state index contributed by atoms with van der Waals surface area (Å²) in [5.74, 6) is 0.734. The van der Waals surface area contributed by atoms with E-state index in [-0.39, 0.29) is 17.5 Å². The lowest BCUT2D eigenvalue weighted by Crippen LogP contribution is -2.29. The first-order valence-electron chi connectivity index (χ1n) is 10.3. The molecular weight excluding hydrogens is 424 g/mol. The summed E-state index contributed by atoms with van der Waals surface area (Å²) in [6.45, 7) is 4.20. The maximum absolute atomic E-state index is 13.7. The zero-order valence-corrected chi connectivity index (χ0v) is 18.3. The highest BCUT2D eigenvalue weighted by Gasteiger charge is 2.24. The number of nitrogens with zero attached hydrogens (tertiary/aromatic N) is 4. The van der Waals surface area contributed by atoms with Crippen LogP contribution in [-0.2, 0) is 0 Å². The first-order chi connectivity index (χ1) is 15.5. The van der Waals surface area contributed by atoms with Gasteiger partial charge in [-0.3, -0.25) is 9.36 Å². The van der Waals surface area contributed by atoms with Crippen molar-refractivity contribution in [2.45, 2.75) is 19.9 Å². The molecule has 0 spiro atoms. The standard InChI is InChI=1S/C24H21ClN6O/c1-14(2)20(30-23-21-22(27-12-26-21)28-13-29-23)18-11-15-7-6-10-17(25)19(15)24(32)31(18)16-8-4-3-5-9-16/h3-14,20H,1-2H3,(H2,26,27,28,29,30)/t20-/m0/s1. The molecule has 0 aliphatic carbocycles. The number of pyridine rings is 1. The molecule has 5 rings (SSSR count). The van der Waals surface area contributed by atoms with Crippen LogP contribution in [0.3, 0.4) is 0 Å². The summed E-state index contributed by atoms with van der Waals surface area (Å²) >= 11 is 6.44. The van der Waals surface area contributed by atoms with Crippen molar-refractivity contribution in [3.05, 3.63) is 88.3 Å². The smallest absolute Gasteiger partial charge is 0.264 e. The maximum Gasteiger partial charge on any atom is 0.264 e. The van der Waals surface area contributed by atoms with Crippen molar-refractivity contribution in [1.82, 2.24) is 24.5 Å². The van der Waals surface area contributed by atoms with Gasteiger partial charge in [-0.25, -0.2) is 15.0 Å². The zero-order chi connectivity index (χ0) is 22.2. The minimum absolute atomic E-state index is 0.130. The molecule has 0 unspecified atom stereocenters. The number of aromatic amines is 1. The number of para-hydroxylation sites is 1. The van der Waals surface area contributed by atoms with Crippen molar-refractivity contribution < 1.29 is 0 Å². The summed E-state index contributed by atoms with van der Waals surface area (Å²) in [7, 11) is 0. The Morgan fingerprint density at radius 1 is 1.03 bits per heavy atom. The molecular formula is C24H21ClN6O. The minimum atomic E-state index is -0.235. The Kier molecular flexibility index (Phi) is 5.11. The van der Waals surface area contributed by atoms with Gasteiger partial charge in [-0.15, -0.1) is 0 Å². The van der Waals surface area contributed by atoms with E-state index in [2.05, 4.69) is 39.1 Å². The van der Waals surface area contributed by atoms with Crippen LogP contribution in [-0.4, -0.2) is 24.5 Å². The van der Waals surface area contributed by atoms with Crippen LogP contribution in [0.25, 0.3) is 27.6 Å². The van der Waals surface area contributed by atoms with Crippen molar-refractivity contribution in [3.63, 3.8) is 0 Å². The summed E-state index contributed by atoms with van der Waals surface area (Å²) < 4.78 is 1.73. The minimum Gasteiger partial charge on any atom is -0.360 e. The fraction of sp³-hybridized carbons (Fsp3) is 0.167. The fourth-order valence-electron chi connectivity index (χ4n) is 4.01. The highest BCUT2D eigenvalue weighted by Crippen LogP contribution is 2.31. The van der Waals surface area contributed by atoms with Gasteiger partial charge in [-0.2, -0.15) is 0 Å². The van der Waals surface area contributed by atoms with Gasteiger partial charge in [0.25, 0.3) is 5.56 Å². The molecule has 1 atom stereocenters. The van der Waals surface area contributed by atoms with Crippen LogP contribution in [0.4, 0.5) is 5.82 Å². The maximum atomic E-state index is 13.7. The molecule has 0 aliphatic rings. The number of aromatic nitrogens is 5. The Morgan fingerprint density at radius 3 is 2.62 bits per heavy atom.